The number of hydrogen-bond acceptors (Lipinski definition) is 4. The Bertz CT molecular complexity index is 167. The van der Waals surface area contributed by atoms with Crippen molar-refractivity contribution in [2.24, 2.45) is 11.5 Å². The lowest BCUT2D eigenvalue weighted by Crippen LogP contribution is -2.40. The molecule has 0 aliphatic carbocycles. The first kappa shape index (κ1) is 16.6. The van der Waals surface area contributed by atoms with Crippen molar-refractivity contribution < 1.29 is 0 Å². The summed E-state index contributed by atoms with van der Waals surface area (Å²) >= 11 is 0. The highest BCUT2D eigenvalue weighted by Crippen LogP contribution is 1.96. The van der Waals surface area contributed by atoms with Crippen LogP contribution in [0, 0.1) is 0 Å². The van der Waals surface area contributed by atoms with Crippen LogP contribution in [-0.2, 0) is 0 Å². The highest BCUT2D eigenvalue weighted by Gasteiger charge is 2.07. The molecule has 0 amide bonds. The van der Waals surface area contributed by atoms with E-state index in [1.54, 1.807) is 0 Å². The van der Waals surface area contributed by atoms with Crippen molar-refractivity contribution in [3.8, 4) is 0 Å². The Labute approximate surface area is 107 Å². The van der Waals surface area contributed by atoms with E-state index in [-0.39, 0.29) is 0 Å². The Morgan fingerprint density at radius 3 is 1.82 bits per heavy atom. The van der Waals surface area contributed by atoms with Crippen LogP contribution in [0.1, 0.15) is 19.8 Å². The lowest BCUT2D eigenvalue weighted by molar-refractivity contribution is 0.211. The molecule has 102 valence electrons. The van der Waals surface area contributed by atoms with Crippen LogP contribution in [0.3, 0.4) is 0 Å². The molecule has 0 atom stereocenters. The summed E-state index contributed by atoms with van der Waals surface area (Å²) in [5, 5.41) is 0. The summed E-state index contributed by atoms with van der Waals surface area (Å²) < 4.78 is 0. The van der Waals surface area contributed by atoms with E-state index in [0.717, 1.165) is 45.7 Å². The van der Waals surface area contributed by atoms with E-state index >= 15 is 0 Å². The molecule has 0 aliphatic heterocycles. The molecule has 0 rings (SSSR count). The molecule has 0 fully saturated rings. The summed E-state index contributed by atoms with van der Waals surface area (Å²) in [7, 11) is 0. The maximum Gasteiger partial charge on any atom is 0.0110 e. The minimum atomic E-state index is 0.709. The van der Waals surface area contributed by atoms with Gasteiger partial charge in [-0.3, -0.25) is 4.90 Å². The zero-order valence-corrected chi connectivity index (χ0v) is 11.4. The second kappa shape index (κ2) is 12.0. The van der Waals surface area contributed by atoms with E-state index in [1.807, 2.05) is 6.08 Å². The van der Waals surface area contributed by atoms with Gasteiger partial charge >= 0.3 is 0 Å². The van der Waals surface area contributed by atoms with Crippen LogP contribution in [0.15, 0.2) is 12.7 Å². The molecule has 0 saturated heterocycles. The van der Waals surface area contributed by atoms with Crippen molar-refractivity contribution in [2.45, 2.75) is 19.8 Å². The summed E-state index contributed by atoms with van der Waals surface area (Å²) in [4.78, 5) is 4.83. The summed E-state index contributed by atoms with van der Waals surface area (Å²) in [6.45, 7) is 13.7. The molecule has 0 unspecified atom stereocenters. The van der Waals surface area contributed by atoms with E-state index in [0.29, 0.717) is 13.1 Å². The van der Waals surface area contributed by atoms with Gasteiger partial charge in [0.15, 0.2) is 0 Å². The van der Waals surface area contributed by atoms with Crippen LogP contribution in [0.4, 0.5) is 0 Å². The van der Waals surface area contributed by atoms with E-state index < -0.39 is 0 Å². The molecule has 0 aromatic carbocycles. The molecular weight excluding hydrogens is 212 g/mol. The van der Waals surface area contributed by atoms with Crippen molar-refractivity contribution in [1.29, 1.82) is 0 Å². The molecule has 0 radical (unpaired) electrons. The molecule has 0 aromatic rings. The van der Waals surface area contributed by atoms with E-state index in [4.69, 9.17) is 11.5 Å². The van der Waals surface area contributed by atoms with Crippen molar-refractivity contribution in [1.82, 2.24) is 9.80 Å². The maximum atomic E-state index is 5.60. The van der Waals surface area contributed by atoms with Crippen LogP contribution < -0.4 is 11.5 Å². The molecule has 17 heavy (non-hydrogen) atoms. The third-order valence-electron chi connectivity index (χ3n) is 2.81. The zero-order valence-electron chi connectivity index (χ0n) is 11.4. The summed E-state index contributed by atoms with van der Waals surface area (Å²) in [5.74, 6) is 0. The van der Waals surface area contributed by atoms with Gasteiger partial charge in [0.25, 0.3) is 0 Å². The Hall–Kier alpha value is -0.420. The molecule has 4 N–H and O–H groups in total. The number of hydrogen-bond donors (Lipinski definition) is 2. The zero-order chi connectivity index (χ0) is 12.9. The first-order valence-corrected chi connectivity index (χ1v) is 6.74. The second-order valence-corrected chi connectivity index (χ2v) is 4.34. The minimum absolute atomic E-state index is 0.709. The predicted molar refractivity (Wildman–Crippen MR) is 76.1 cm³/mol. The van der Waals surface area contributed by atoms with Crippen LogP contribution >= 0.6 is 0 Å². The molecule has 0 saturated carbocycles. The monoisotopic (exact) mass is 242 g/mol. The lowest BCUT2D eigenvalue weighted by atomic mass is 10.3. The van der Waals surface area contributed by atoms with Gasteiger partial charge in [-0.15, -0.1) is 6.58 Å². The third-order valence-corrected chi connectivity index (χ3v) is 2.81. The minimum Gasteiger partial charge on any atom is -0.329 e. The van der Waals surface area contributed by atoms with E-state index in [1.165, 1.54) is 6.42 Å². The Morgan fingerprint density at radius 2 is 1.41 bits per heavy atom. The number of rotatable bonds is 12. The quantitative estimate of drug-likeness (QED) is 0.489. The molecule has 0 aliphatic rings. The van der Waals surface area contributed by atoms with Crippen LogP contribution in [0.25, 0.3) is 0 Å². The fraction of sp³-hybridized carbons (Fsp3) is 0.846. The Kier molecular flexibility index (Phi) is 11.8. The summed E-state index contributed by atoms with van der Waals surface area (Å²) in [5.41, 5.74) is 11.2. The SMILES string of the molecule is C=CCCN(CCC)CCN(CCN)CCN. The maximum absolute atomic E-state index is 5.60. The largest absolute Gasteiger partial charge is 0.329 e. The smallest absolute Gasteiger partial charge is 0.0110 e. The van der Waals surface area contributed by atoms with Gasteiger partial charge in [-0.05, 0) is 19.4 Å². The van der Waals surface area contributed by atoms with Gasteiger partial charge in [0.1, 0.15) is 0 Å². The molecule has 4 nitrogen and oxygen atoms in total. The fourth-order valence-corrected chi connectivity index (χ4v) is 1.91. The first-order valence-electron chi connectivity index (χ1n) is 6.74. The average molecular weight is 242 g/mol. The van der Waals surface area contributed by atoms with Crippen molar-refractivity contribution in [3.05, 3.63) is 12.7 Å². The molecular formula is C13H30N4. The highest BCUT2D eigenvalue weighted by molar-refractivity contribution is 4.71. The molecule has 0 bridgehead atoms. The molecule has 0 heterocycles. The average Bonchev–Trinajstić information content (AvgIpc) is 2.33. The van der Waals surface area contributed by atoms with Gasteiger partial charge in [-0.25, -0.2) is 0 Å². The second-order valence-electron chi connectivity index (χ2n) is 4.34. The van der Waals surface area contributed by atoms with Crippen molar-refractivity contribution in [3.63, 3.8) is 0 Å². The molecule has 4 heteroatoms. The standard InChI is InChI=1S/C13H30N4/c1-3-5-9-16(8-4-2)12-13-17(10-6-14)11-7-15/h3H,1,4-15H2,2H3. The predicted octanol–water partition coefficient (Wildman–Crippen LogP) is 0.494. The normalized spacial score (nSPS) is 11.4. The number of nitrogens with two attached hydrogens (primary N) is 2. The van der Waals surface area contributed by atoms with Crippen molar-refractivity contribution in [2.75, 3.05) is 52.4 Å². The van der Waals surface area contributed by atoms with Gasteiger partial charge in [-0.2, -0.15) is 0 Å². The first-order chi connectivity index (χ1) is 8.28. The topological polar surface area (TPSA) is 58.5 Å². The van der Waals surface area contributed by atoms with Gasteiger partial charge in [0, 0.05) is 45.8 Å². The lowest BCUT2D eigenvalue weighted by Gasteiger charge is -2.26. The van der Waals surface area contributed by atoms with Gasteiger partial charge in [0.2, 0.25) is 0 Å². The van der Waals surface area contributed by atoms with E-state index in [9.17, 15) is 0 Å². The van der Waals surface area contributed by atoms with Gasteiger partial charge in [0.05, 0.1) is 0 Å². The van der Waals surface area contributed by atoms with Gasteiger partial charge < -0.3 is 16.4 Å². The molecule has 0 spiro atoms. The molecule has 0 aromatic heterocycles. The van der Waals surface area contributed by atoms with Gasteiger partial charge in [-0.1, -0.05) is 13.0 Å². The number of nitrogens with zero attached hydrogens (tertiary/aromatic N) is 2. The summed E-state index contributed by atoms with van der Waals surface area (Å²) in [6, 6.07) is 0. The fourth-order valence-electron chi connectivity index (χ4n) is 1.91. The Morgan fingerprint density at radius 1 is 0.882 bits per heavy atom. The van der Waals surface area contributed by atoms with Crippen LogP contribution in [0.2, 0.25) is 0 Å². The van der Waals surface area contributed by atoms with E-state index in [2.05, 4.69) is 23.3 Å². The van der Waals surface area contributed by atoms with Crippen LogP contribution in [0.5, 0.6) is 0 Å². The summed E-state index contributed by atoms with van der Waals surface area (Å²) in [6.07, 6.45) is 4.25. The van der Waals surface area contributed by atoms with Crippen LogP contribution in [-0.4, -0.2) is 62.2 Å². The van der Waals surface area contributed by atoms with Crippen molar-refractivity contribution >= 4 is 0 Å². The third kappa shape index (κ3) is 9.30. The Balaban J connectivity index is 3.91. The highest BCUT2D eigenvalue weighted by atomic mass is 15.2.